The Kier molecular flexibility index (Phi) is 5.53. The van der Waals surface area contributed by atoms with Gasteiger partial charge in [-0.15, -0.1) is 0 Å². The highest BCUT2D eigenvalue weighted by Gasteiger charge is 2.35. The van der Waals surface area contributed by atoms with E-state index in [0.29, 0.717) is 12.8 Å². The number of carbonyl (C=O) groups excluding carboxylic acids is 2. The fourth-order valence-electron chi connectivity index (χ4n) is 2.45. The molecule has 0 heterocycles. The van der Waals surface area contributed by atoms with E-state index in [1.54, 1.807) is 0 Å². The molecule has 0 spiro atoms. The van der Waals surface area contributed by atoms with Crippen LogP contribution in [0.5, 0.6) is 5.75 Å². The Morgan fingerprint density at radius 2 is 1.79 bits per heavy atom. The van der Waals surface area contributed by atoms with Gasteiger partial charge >= 0.3 is 6.18 Å². The number of anilines is 2. The zero-order chi connectivity index (χ0) is 20.3. The zero-order valence-electron chi connectivity index (χ0n) is 14.5. The summed E-state index contributed by atoms with van der Waals surface area (Å²) in [7, 11) is 0. The van der Waals surface area contributed by atoms with Crippen LogP contribution in [0, 0.1) is 11.7 Å². The molecule has 1 fully saturated rings. The van der Waals surface area contributed by atoms with Gasteiger partial charge in [0.2, 0.25) is 5.91 Å². The van der Waals surface area contributed by atoms with E-state index >= 15 is 0 Å². The Labute approximate surface area is 157 Å². The van der Waals surface area contributed by atoms with Gasteiger partial charge in [0.05, 0.1) is 11.3 Å². The number of carbonyl (C=O) groups is 2. The van der Waals surface area contributed by atoms with Gasteiger partial charge in [0.25, 0.3) is 5.91 Å². The minimum Gasteiger partial charge on any atom is -0.481 e. The number of alkyl halides is 3. The quantitative estimate of drug-likeness (QED) is 0.719. The van der Waals surface area contributed by atoms with Crippen LogP contribution >= 0.6 is 0 Å². The van der Waals surface area contributed by atoms with E-state index in [1.807, 2.05) is 0 Å². The molecule has 0 aliphatic heterocycles. The SMILES string of the molecule is O=C(COc1ccccc1F)Nc1ccc(NC(=O)C2CC2)cc1C(F)(F)F. The number of para-hydroxylation sites is 1. The fraction of sp³-hybridized carbons (Fsp3) is 0.263. The standard InChI is InChI=1S/C19H16F4N2O3/c20-14-3-1-2-4-16(14)28-10-17(26)25-15-8-7-12(9-13(15)19(21,22)23)24-18(27)11-5-6-11/h1-4,7-9,11H,5-6,10H2,(H,24,27)(H,25,26). The molecule has 2 amide bonds. The van der Waals surface area contributed by atoms with E-state index in [-0.39, 0.29) is 23.3 Å². The second-order valence-electron chi connectivity index (χ2n) is 6.29. The molecule has 9 heteroatoms. The molecule has 2 aromatic rings. The van der Waals surface area contributed by atoms with Gasteiger partial charge in [-0.25, -0.2) is 4.39 Å². The van der Waals surface area contributed by atoms with Gasteiger partial charge in [-0.05, 0) is 43.2 Å². The molecule has 5 nitrogen and oxygen atoms in total. The number of hydrogen-bond acceptors (Lipinski definition) is 3. The predicted octanol–water partition coefficient (Wildman–Crippen LogP) is 4.21. The molecule has 1 saturated carbocycles. The van der Waals surface area contributed by atoms with Crippen LogP contribution in [-0.4, -0.2) is 18.4 Å². The van der Waals surface area contributed by atoms with Crippen molar-refractivity contribution in [3.8, 4) is 5.75 Å². The Hall–Kier alpha value is -3.10. The van der Waals surface area contributed by atoms with Gasteiger partial charge < -0.3 is 15.4 Å². The number of ether oxygens (including phenoxy) is 1. The van der Waals surface area contributed by atoms with Crippen LogP contribution < -0.4 is 15.4 Å². The van der Waals surface area contributed by atoms with Crippen molar-refractivity contribution < 1.29 is 31.9 Å². The first-order valence-corrected chi connectivity index (χ1v) is 8.43. The van der Waals surface area contributed by atoms with Crippen LogP contribution in [0.25, 0.3) is 0 Å². The van der Waals surface area contributed by atoms with Gasteiger partial charge in [-0.1, -0.05) is 12.1 Å². The average molecular weight is 396 g/mol. The Morgan fingerprint density at radius 1 is 1.07 bits per heavy atom. The predicted molar refractivity (Wildman–Crippen MR) is 93.3 cm³/mol. The molecular formula is C19H16F4N2O3. The van der Waals surface area contributed by atoms with Crippen molar-refractivity contribution in [2.45, 2.75) is 19.0 Å². The number of hydrogen-bond donors (Lipinski definition) is 2. The number of benzene rings is 2. The normalized spacial score (nSPS) is 13.7. The summed E-state index contributed by atoms with van der Waals surface area (Å²) in [6.07, 6.45) is -3.32. The van der Waals surface area contributed by atoms with Gasteiger partial charge in [0.1, 0.15) is 0 Å². The highest BCUT2D eigenvalue weighted by molar-refractivity contribution is 5.96. The van der Waals surface area contributed by atoms with Crippen LogP contribution in [0.4, 0.5) is 28.9 Å². The molecule has 0 atom stereocenters. The third-order valence-electron chi connectivity index (χ3n) is 4.01. The van der Waals surface area contributed by atoms with E-state index in [1.165, 1.54) is 24.3 Å². The summed E-state index contributed by atoms with van der Waals surface area (Å²) >= 11 is 0. The van der Waals surface area contributed by atoms with E-state index in [0.717, 1.165) is 18.2 Å². The lowest BCUT2D eigenvalue weighted by Crippen LogP contribution is -2.23. The van der Waals surface area contributed by atoms with Crippen molar-refractivity contribution in [1.82, 2.24) is 0 Å². The maximum atomic E-state index is 13.5. The molecule has 1 aliphatic carbocycles. The first-order valence-electron chi connectivity index (χ1n) is 8.43. The van der Waals surface area contributed by atoms with E-state index in [9.17, 15) is 27.2 Å². The zero-order valence-corrected chi connectivity index (χ0v) is 14.5. The molecular weight excluding hydrogens is 380 g/mol. The lowest BCUT2D eigenvalue weighted by Gasteiger charge is -2.16. The molecule has 3 rings (SSSR count). The first kappa shape index (κ1) is 19.7. The molecule has 2 N–H and O–H groups in total. The second-order valence-corrected chi connectivity index (χ2v) is 6.29. The minimum atomic E-state index is -4.75. The third kappa shape index (κ3) is 4.99. The van der Waals surface area contributed by atoms with E-state index < -0.39 is 35.8 Å². The largest absolute Gasteiger partial charge is 0.481 e. The van der Waals surface area contributed by atoms with Crippen LogP contribution in [0.3, 0.4) is 0 Å². The summed E-state index contributed by atoms with van der Waals surface area (Å²) in [5.74, 6) is -2.26. The summed E-state index contributed by atoms with van der Waals surface area (Å²) in [5, 5.41) is 4.54. The molecule has 0 bridgehead atoms. The van der Waals surface area contributed by atoms with Gasteiger partial charge in [-0.3, -0.25) is 9.59 Å². The molecule has 0 radical (unpaired) electrons. The topological polar surface area (TPSA) is 67.4 Å². The molecule has 148 valence electrons. The number of halogens is 4. The number of nitrogens with one attached hydrogen (secondary N) is 2. The third-order valence-corrected chi connectivity index (χ3v) is 4.01. The smallest absolute Gasteiger partial charge is 0.418 e. The maximum Gasteiger partial charge on any atom is 0.418 e. The summed E-state index contributed by atoms with van der Waals surface area (Å²) in [5.41, 5.74) is -1.61. The lowest BCUT2D eigenvalue weighted by molar-refractivity contribution is -0.137. The van der Waals surface area contributed by atoms with Crippen molar-refractivity contribution in [2.24, 2.45) is 5.92 Å². The molecule has 0 saturated heterocycles. The number of rotatable bonds is 6. The van der Waals surface area contributed by atoms with Crippen LogP contribution in [0.15, 0.2) is 42.5 Å². The lowest BCUT2D eigenvalue weighted by atomic mass is 10.1. The summed E-state index contributed by atoms with van der Waals surface area (Å²) < 4.78 is 58.5. The summed E-state index contributed by atoms with van der Waals surface area (Å²) in [4.78, 5) is 23.7. The van der Waals surface area contributed by atoms with Crippen LogP contribution in [0.1, 0.15) is 18.4 Å². The maximum absolute atomic E-state index is 13.5. The average Bonchev–Trinajstić information content (AvgIpc) is 3.46. The Balaban J connectivity index is 1.70. The van der Waals surface area contributed by atoms with Gasteiger partial charge in [0, 0.05) is 11.6 Å². The van der Waals surface area contributed by atoms with E-state index in [4.69, 9.17) is 4.74 Å². The van der Waals surface area contributed by atoms with Crippen LogP contribution in [-0.2, 0) is 15.8 Å². The van der Waals surface area contributed by atoms with Crippen molar-refractivity contribution in [1.29, 1.82) is 0 Å². The molecule has 1 aliphatic rings. The highest BCUT2D eigenvalue weighted by Crippen LogP contribution is 2.37. The highest BCUT2D eigenvalue weighted by atomic mass is 19.4. The first-order chi connectivity index (χ1) is 13.2. The van der Waals surface area contributed by atoms with Crippen LogP contribution in [0.2, 0.25) is 0 Å². The fourth-order valence-corrected chi connectivity index (χ4v) is 2.45. The molecule has 0 unspecified atom stereocenters. The van der Waals surface area contributed by atoms with Crippen molar-refractivity contribution in [2.75, 3.05) is 17.2 Å². The van der Waals surface area contributed by atoms with E-state index in [2.05, 4.69) is 10.6 Å². The summed E-state index contributed by atoms with van der Waals surface area (Å²) in [6, 6.07) is 8.42. The number of amides is 2. The Morgan fingerprint density at radius 3 is 2.43 bits per heavy atom. The molecule has 2 aromatic carbocycles. The van der Waals surface area contributed by atoms with Crippen molar-refractivity contribution in [3.05, 3.63) is 53.8 Å². The van der Waals surface area contributed by atoms with Gasteiger partial charge in [0.15, 0.2) is 18.2 Å². The Bertz CT molecular complexity index is 895. The minimum absolute atomic E-state index is 0.00942. The van der Waals surface area contributed by atoms with Gasteiger partial charge in [-0.2, -0.15) is 13.2 Å². The monoisotopic (exact) mass is 396 g/mol. The molecule has 0 aromatic heterocycles. The van der Waals surface area contributed by atoms with Crippen molar-refractivity contribution in [3.63, 3.8) is 0 Å². The second kappa shape index (κ2) is 7.87. The summed E-state index contributed by atoms with van der Waals surface area (Å²) in [6.45, 7) is -0.668. The molecule has 28 heavy (non-hydrogen) atoms. The van der Waals surface area contributed by atoms with Crippen molar-refractivity contribution >= 4 is 23.2 Å².